The molecule has 0 spiro atoms. The molecule has 0 aliphatic carbocycles. The van der Waals surface area contributed by atoms with Crippen LogP contribution in [0.4, 0.5) is 0 Å². The van der Waals surface area contributed by atoms with Crippen molar-refractivity contribution >= 4 is 0 Å². The predicted octanol–water partition coefficient (Wildman–Crippen LogP) is 3.09. The van der Waals surface area contributed by atoms with Crippen molar-refractivity contribution in [2.45, 2.75) is 13.0 Å². The number of nitrogens with zero attached hydrogens (tertiary/aromatic N) is 2. The summed E-state index contributed by atoms with van der Waals surface area (Å²) < 4.78 is 21.6. The van der Waals surface area contributed by atoms with Crippen LogP contribution >= 0.6 is 0 Å². The van der Waals surface area contributed by atoms with Crippen LogP contribution in [0.1, 0.15) is 11.5 Å². The minimum Gasteiger partial charge on any atom is -0.496 e. The standard InChI is InChI=1S/C20H23N3O4/c1-24-16-7-5-4-6-14(16)10-11-21-13-19-22-23-20(27-19)15-8-9-17(25-2)18(12-15)26-3/h4-9,12,21H,10-11,13H2,1-3H3. The van der Waals surface area contributed by atoms with Crippen molar-refractivity contribution in [3.63, 3.8) is 0 Å². The third-order valence-electron chi connectivity index (χ3n) is 4.14. The molecule has 0 radical (unpaired) electrons. The number of ether oxygens (including phenoxy) is 3. The van der Waals surface area contributed by atoms with Crippen molar-refractivity contribution in [2.24, 2.45) is 0 Å². The zero-order valence-corrected chi connectivity index (χ0v) is 15.7. The molecule has 2 aromatic carbocycles. The monoisotopic (exact) mass is 369 g/mol. The Hall–Kier alpha value is -3.06. The average Bonchev–Trinajstić information content (AvgIpc) is 3.20. The van der Waals surface area contributed by atoms with E-state index in [0.717, 1.165) is 29.8 Å². The summed E-state index contributed by atoms with van der Waals surface area (Å²) in [6.45, 7) is 1.27. The summed E-state index contributed by atoms with van der Waals surface area (Å²) in [4.78, 5) is 0. The first-order valence-corrected chi connectivity index (χ1v) is 8.62. The Morgan fingerprint density at radius 1 is 0.889 bits per heavy atom. The van der Waals surface area contributed by atoms with Gasteiger partial charge >= 0.3 is 0 Å². The van der Waals surface area contributed by atoms with Gasteiger partial charge in [0.25, 0.3) is 0 Å². The lowest BCUT2D eigenvalue weighted by Crippen LogP contribution is -2.17. The van der Waals surface area contributed by atoms with Crippen LogP contribution in [0.25, 0.3) is 11.5 Å². The number of para-hydroxylation sites is 1. The molecule has 0 bridgehead atoms. The number of methoxy groups -OCH3 is 3. The molecule has 1 aromatic heterocycles. The normalized spacial score (nSPS) is 10.6. The number of nitrogens with one attached hydrogen (secondary N) is 1. The van der Waals surface area contributed by atoms with E-state index in [1.807, 2.05) is 36.4 Å². The summed E-state index contributed by atoms with van der Waals surface area (Å²) in [5.74, 6) is 3.13. The van der Waals surface area contributed by atoms with Crippen LogP contribution < -0.4 is 19.5 Å². The van der Waals surface area contributed by atoms with Crippen molar-refractivity contribution in [1.29, 1.82) is 0 Å². The van der Waals surface area contributed by atoms with E-state index in [1.165, 1.54) is 0 Å². The highest BCUT2D eigenvalue weighted by Crippen LogP contribution is 2.31. The van der Waals surface area contributed by atoms with E-state index in [1.54, 1.807) is 21.3 Å². The predicted molar refractivity (Wildman–Crippen MR) is 101 cm³/mol. The topological polar surface area (TPSA) is 78.6 Å². The van der Waals surface area contributed by atoms with Crippen molar-refractivity contribution < 1.29 is 18.6 Å². The molecule has 0 aliphatic heterocycles. The fourth-order valence-corrected chi connectivity index (χ4v) is 2.74. The quantitative estimate of drug-likeness (QED) is 0.581. The Kier molecular flexibility index (Phi) is 6.27. The third kappa shape index (κ3) is 4.57. The maximum Gasteiger partial charge on any atom is 0.247 e. The SMILES string of the molecule is COc1ccccc1CCNCc1nnc(-c2ccc(OC)c(OC)c2)o1. The van der Waals surface area contributed by atoms with Gasteiger partial charge < -0.3 is 23.9 Å². The van der Waals surface area contributed by atoms with Crippen molar-refractivity contribution in [3.05, 3.63) is 53.9 Å². The fourth-order valence-electron chi connectivity index (χ4n) is 2.74. The summed E-state index contributed by atoms with van der Waals surface area (Å²) in [6.07, 6.45) is 0.848. The summed E-state index contributed by atoms with van der Waals surface area (Å²) in [7, 11) is 4.87. The number of aromatic nitrogens is 2. The minimum atomic E-state index is 0.442. The second-order valence-corrected chi connectivity index (χ2v) is 5.81. The molecule has 1 N–H and O–H groups in total. The molecule has 0 saturated carbocycles. The van der Waals surface area contributed by atoms with Crippen molar-refractivity contribution in [3.8, 4) is 28.7 Å². The number of rotatable bonds is 9. The van der Waals surface area contributed by atoms with Gasteiger partial charge in [-0.25, -0.2) is 0 Å². The molecule has 0 amide bonds. The molecule has 0 aliphatic rings. The lowest BCUT2D eigenvalue weighted by molar-refractivity contribution is 0.355. The lowest BCUT2D eigenvalue weighted by atomic mass is 10.1. The second-order valence-electron chi connectivity index (χ2n) is 5.81. The minimum absolute atomic E-state index is 0.442. The Morgan fingerprint density at radius 2 is 1.67 bits per heavy atom. The second kappa shape index (κ2) is 9.05. The molecular weight excluding hydrogens is 346 g/mol. The van der Waals surface area contributed by atoms with E-state index in [4.69, 9.17) is 18.6 Å². The number of hydrogen-bond acceptors (Lipinski definition) is 7. The largest absolute Gasteiger partial charge is 0.496 e. The molecule has 142 valence electrons. The van der Waals surface area contributed by atoms with E-state index < -0.39 is 0 Å². The van der Waals surface area contributed by atoms with Gasteiger partial charge in [0, 0.05) is 5.56 Å². The Balaban J connectivity index is 1.57. The first kappa shape index (κ1) is 18.7. The molecule has 0 fully saturated rings. The molecule has 0 saturated heterocycles. The van der Waals surface area contributed by atoms with Gasteiger partial charge in [-0.3, -0.25) is 0 Å². The number of hydrogen-bond donors (Lipinski definition) is 1. The Morgan fingerprint density at radius 3 is 2.44 bits per heavy atom. The molecule has 27 heavy (non-hydrogen) atoms. The summed E-state index contributed by atoms with van der Waals surface area (Å²) in [5.41, 5.74) is 1.93. The summed E-state index contributed by atoms with van der Waals surface area (Å²) in [5, 5.41) is 11.5. The zero-order chi connectivity index (χ0) is 19.1. The zero-order valence-electron chi connectivity index (χ0n) is 15.7. The molecular formula is C20H23N3O4. The maximum atomic E-state index is 5.73. The van der Waals surface area contributed by atoms with E-state index in [0.29, 0.717) is 29.8 Å². The van der Waals surface area contributed by atoms with Crippen LogP contribution in [0.2, 0.25) is 0 Å². The molecule has 1 heterocycles. The van der Waals surface area contributed by atoms with E-state index >= 15 is 0 Å². The molecule has 0 atom stereocenters. The highest BCUT2D eigenvalue weighted by molar-refractivity contribution is 5.59. The highest BCUT2D eigenvalue weighted by Gasteiger charge is 2.12. The van der Waals surface area contributed by atoms with Gasteiger partial charge in [-0.1, -0.05) is 18.2 Å². The van der Waals surface area contributed by atoms with Gasteiger partial charge in [-0.15, -0.1) is 10.2 Å². The summed E-state index contributed by atoms with van der Waals surface area (Å²) >= 11 is 0. The molecule has 0 unspecified atom stereocenters. The molecule has 3 rings (SSSR count). The Labute approximate surface area is 158 Å². The van der Waals surface area contributed by atoms with Gasteiger partial charge in [-0.05, 0) is 42.8 Å². The third-order valence-corrected chi connectivity index (χ3v) is 4.14. The van der Waals surface area contributed by atoms with Crippen molar-refractivity contribution in [1.82, 2.24) is 15.5 Å². The maximum absolute atomic E-state index is 5.73. The van der Waals surface area contributed by atoms with E-state index in [-0.39, 0.29) is 0 Å². The van der Waals surface area contributed by atoms with Crippen molar-refractivity contribution in [2.75, 3.05) is 27.9 Å². The first-order valence-electron chi connectivity index (χ1n) is 8.62. The molecule has 3 aromatic rings. The fraction of sp³-hybridized carbons (Fsp3) is 0.300. The van der Waals surface area contributed by atoms with Crippen LogP contribution in [0, 0.1) is 0 Å². The highest BCUT2D eigenvalue weighted by atomic mass is 16.5. The lowest BCUT2D eigenvalue weighted by Gasteiger charge is -2.08. The number of benzene rings is 2. The van der Waals surface area contributed by atoms with E-state index in [2.05, 4.69) is 21.6 Å². The average molecular weight is 369 g/mol. The molecule has 7 heteroatoms. The van der Waals surface area contributed by atoms with Crippen LogP contribution in [0.5, 0.6) is 17.2 Å². The van der Waals surface area contributed by atoms with Crippen LogP contribution in [-0.4, -0.2) is 38.1 Å². The van der Waals surface area contributed by atoms with Crippen LogP contribution in [0.15, 0.2) is 46.9 Å². The van der Waals surface area contributed by atoms with Gasteiger partial charge in [-0.2, -0.15) is 0 Å². The smallest absolute Gasteiger partial charge is 0.247 e. The van der Waals surface area contributed by atoms with Crippen LogP contribution in [-0.2, 0) is 13.0 Å². The van der Waals surface area contributed by atoms with Gasteiger partial charge in [0.1, 0.15) is 5.75 Å². The molecule has 7 nitrogen and oxygen atoms in total. The van der Waals surface area contributed by atoms with Gasteiger partial charge in [0.15, 0.2) is 11.5 Å². The summed E-state index contributed by atoms with van der Waals surface area (Å²) in [6, 6.07) is 13.5. The van der Waals surface area contributed by atoms with Gasteiger partial charge in [0.05, 0.1) is 27.9 Å². The first-order chi connectivity index (χ1) is 13.2. The Bertz CT molecular complexity index is 879. The van der Waals surface area contributed by atoms with Gasteiger partial charge in [0.2, 0.25) is 11.8 Å². The van der Waals surface area contributed by atoms with E-state index in [9.17, 15) is 0 Å². The van der Waals surface area contributed by atoms with Crippen LogP contribution in [0.3, 0.4) is 0 Å².